The summed E-state index contributed by atoms with van der Waals surface area (Å²) in [7, 11) is 1.72. The number of hydrogen-bond donors (Lipinski definition) is 0. The molecule has 5 heteroatoms. The lowest BCUT2D eigenvalue weighted by Gasteiger charge is -2.37. The van der Waals surface area contributed by atoms with Crippen molar-refractivity contribution in [3.8, 4) is 0 Å². The molecule has 0 unspecified atom stereocenters. The zero-order chi connectivity index (χ0) is 22.9. The first-order valence-electron chi connectivity index (χ1n) is 10.7. The summed E-state index contributed by atoms with van der Waals surface area (Å²) in [5.41, 5.74) is 1.55. The summed E-state index contributed by atoms with van der Waals surface area (Å²) in [4.78, 5) is 42.2. The molecule has 0 saturated heterocycles. The predicted octanol–water partition coefficient (Wildman–Crippen LogP) is 4.35. The maximum absolute atomic E-state index is 13.6. The number of hydrogen-bond acceptors (Lipinski definition) is 3. The molecule has 3 aromatic carbocycles. The fourth-order valence-corrected chi connectivity index (χ4v) is 4.39. The van der Waals surface area contributed by atoms with Crippen molar-refractivity contribution in [3.63, 3.8) is 0 Å². The molecule has 0 spiro atoms. The highest BCUT2D eigenvalue weighted by Crippen LogP contribution is 2.32. The number of carbonyl (C=O) groups is 3. The Balaban J connectivity index is 1.61. The van der Waals surface area contributed by atoms with Gasteiger partial charge in [-0.05, 0) is 37.1 Å². The van der Waals surface area contributed by atoms with Gasteiger partial charge in [0.25, 0.3) is 11.8 Å². The lowest BCUT2D eigenvalue weighted by atomic mass is 9.90. The highest BCUT2D eigenvalue weighted by atomic mass is 16.2. The average Bonchev–Trinajstić information content (AvgIpc) is 3.08. The highest BCUT2D eigenvalue weighted by molar-refractivity contribution is 6.23. The van der Waals surface area contributed by atoms with Crippen molar-refractivity contribution < 1.29 is 14.4 Å². The van der Waals surface area contributed by atoms with E-state index in [1.807, 2.05) is 60.7 Å². The van der Waals surface area contributed by atoms with Crippen LogP contribution in [-0.2, 0) is 4.79 Å². The van der Waals surface area contributed by atoms with Gasteiger partial charge in [-0.1, -0.05) is 72.8 Å². The molecule has 1 aliphatic rings. The van der Waals surface area contributed by atoms with Crippen molar-refractivity contribution in [1.29, 1.82) is 0 Å². The molecule has 1 heterocycles. The van der Waals surface area contributed by atoms with Crippen LogP contribution in [0.5, 0.6) is 0 Å². The normalized spacial score (nSPS) is 13.4. The van der Waals surface area contributed by atoms with E-state index in [0.29, 0.717) is 17.7 Å². The maximum Gasteiger partial charge on any atom is 0.262 e. The number of nitrogens with zero attached hydrogens (tertiary/aromatic N) is 2. The van der Waals surface area contributed by atoms with Gasteiger partial charge in [0, 0.05) is 19.5 Å². The molecular formula is C27H26N2O3. The summed E-state index contributed by atoms with van der Waals surface area (Å²) in [5, 5.41) is 0. The van der Waals surface area contributed by atoms with E-state index in [2.05, 4.69) is 0 Å². The van der Waals surface area contributed by atoms with Crippen LogP contribution in [0.3, 0.4) is 0 Å². The van der Waals surface area contributed by atoms with Crippen molar-refractivity contribution in [2.45, 2.75) is 25.3 Å². The fourth-order valence-electron chi connectivity index (χ4n) is 4.39. The zero-order valence-electron chi connectivity index (χ0n) is 18.5. The third kappa shape index (κ3) is 3.71. The first-order chi connectivity index (χ1) is 15.3. The minimum absolute atomic E-state index is 0.0377. The lowest BCUT2D eigenvalue weighted by Crippen LogP contribution is -2.57. The van der Waals surface area contributed by atoms with E-state index >= 15 is 0 Å². The van der Waals surface area contributed by atoms with E-state index in [0.717, 1.165) is 16.0 Å². The van der Waals surface area contributed by atoms with Crippen LogP contribution >= 0.6 is 0 Å². The Morgan fingerprint density at radius 1 is 0.781 bits per heavy atom. The van der Waals surface area contributed by atoms with Crippen molar-refractivity contribution in [3.05, 3.63) is 107 Å². The van der Waals surface area contributed by atoms with E-state index in [-0.39, 0.29) is 11.8 Å². The first-order valence-corrected chi connectivity index (χ1v) is 10.7. The van der Waals surface area contributed by atoms with E-state index in [9.17, 15) is 14.4 Å². The standard InChI is InChI=1S/C27H26N2O3/c1-27(2,29-24(30)21-16-10-11-17-22(21)25(29)31)26(32)28(3)18-23(19-12-6-4-7-13-19)20-14-8-5-9-15-20/h4-17,23H,18H2,1-3H3. The topological polar surface area (TPSA) is 57.7 Å². The SMILES string of the molecule is CN(CC(c1ccccc1)c1ccccc1)C(=O)C(C)(C)N1C(=O)c2ccccc2C1=O. The Morgan fingerprint density at radius 2 is 1.19 bits per heavy atom. The molecule has 4 rings (SSSR count). The number of amides is 3. The van der Waals surface area contributed by atoms with Gasteiger partial charge >= 0.3 is 0 Å². The van der Waals surface area contributed by atoms with Crippen molar-refractivity contribution >= 4 is 17.7 Å². The van der Waals surface area contributed by atoms with Crippen LogP contribution in [0.2, 0.25) is 0 Å². The molecule has 0 aromatic heterocycles. The Bertz CT molecular complexity index is 1080. The minimum Gasteiger partial charge on any atom is -0.343 e. The maximum atomic E-state index is 13.6. The van der Waals surface area contributed by atoms with Crippen LogP contribution in [0.1, 0.15) is 51.6 Å². The highest BCUT2D eigenvalue weighted by Gasteiger charge is 2.48. The summed E-state index contributed by atoms with van der Waals surface area (Å²) in [6.07, 6.45) is 0. The van der Waals surface area contributed by atoms with E-state index in [1.54, 1.807) is 50.1 Å². The quantitative estimate of drug-likeness (QED) is 0.551. The van der Waals surface area contributed by atoms with Gasteiger partial charge in [-0.2, -0.15) is 0 Å². The smallest absolute Gasteiger partial charge is 0.262 e. The summed E-state index contributed by atoms with van der Waals surface area (Å²) in [6.45, 7) is 3.68. The van der Waals surface area contributed by atoms with Gasteiger partial charge in [0.15, 0.2) is 0 Å². The molecule has 0 fully saturated rings. The van der Waals surface area contributed by atoms with Gasteiger partial charge in [0.1, 0.15) is 5.54 Å². The lowest BCUT2D eigenvalue weighted by molar-refractivity contribution is -0.138. The molecule has 0 saturated carbocycles. The summed E-state index contributed by atoms with van der Waals surface area (Å²) < 4.78 is 0. The molecule has 1 aliphatic heterocycles. The molecule has 0 atom stereocenters. The Kier molecular flexibility index (Phi) is 5.66. The molecule has 32 heavy (non-hydrogen) atoms. The Labute approximate surface area is 188 Å². The summed E-state index contributed by atoms with van der Waals surface area (Å²) in [5.74, 6) is -1.19. The van der Waals surface area contributed by atoms with Gasteiger partial charge in [-0.15, -0.1) is 0 Å². The van der Waals surface area contributed by atoms with Gasteiger partial charge in [0.2, 0.25) is 5.91 Å². The number of imide groups is 1. The van der Waals surface area contributed by atoms with Crippen LogP contribution in [0.25, 0.3) is 0 Å². The molecule has 3 aromatic rings. The zero-order valence-corrected chi connectivity index (χ0v) is 18.5. The van der Waals surface area contributed by atoms with Crippen LogP contribution in [0.4, 0.5) is 0 Å². The summed E-state index contributed by atoms with van der Waals surface area (Å²) in [6, 6.07) is 26.7. The number of benzene rings is 3. The monoisotopic (exact) mass is 426 g/mol. The number of rotatable bonds is 6. The van der Waals surface area contributed by atoms with E-state index in [1.165, 1.54) is 0 Å². The molecule has 0 radical (unpaired) electrons. The van der Waals surface area contributed by atoms with Crippen LogP contribution in [-0.4, -0.2) is 46.7 Å². The minimum atomic E-state index is -1.32. The molecule has 5 nitrogen and oxygen atoms in total. The second kappa shape index (κ2) is 8.42. The van der Waals surface area contributed by atoms with Gasteiger partial charge in [-0.25, -0.2) is 0 Å². The molecular weight excluding hydrogens is 400 g/mol. The molecule has 0 bridgehead atoms. The van der Waals surface area contributed by atoms with Crippen molar-refractivity contribution in [2.24, 2.45) is 0 Å². The first kappa shape index (κ1) is 21.5. The summed E-state index contributed by atoms with van der Waals surface area (Å²) >= 11 is 0. The molecule has 162 valence electrons. The molecule has 3 amide bonds. The van der Waals surface area contributed by atoms with Gasteiger partial charge < -0.3 is 4.90 Å². The van der Waals surface area contributed by atoms with E-state index in [4.69, 9.17) is 0 Å². The third-order valence-electron chi connectivity index (χ3n) is 6.08. The largest absolute Gasteiger partial charge is 0.343 e. The predicted molar refractivity (Wildman–Crippen MR) is 123 cm³/mol. The second-order valence-electron chi connectivity index (χ2n) is 8.61. The number of fused-ring (bicyclic) bond motifs is 1. The van der Waals surface area contributed by atoms with Crippen molar-refractivity contribution in [2.75, 3.05) is 13.6 Å². The molecule has 0 N–H and O–H groups in total. The van der Waals surface area contributed by atoms with Crippen LogP contribution < -0.4 is 0 Å². The van der Waals surface area contributed by atoms with E-state index < -0.39 is 17.4 Å². The second-order valence-corrected chi connectivity index (χ2v) is 8.61. The van der Waals surface area contributed by atoms with Crippen LogP contribution in [0, 0.1) is 0 Å². The van der Waals surface area contributed by atoms with Crippen molar-refractivity contribution in [1.82, 2.24) is 9.80 Å². The van der Waals surface area contributed by atoms with Crippen LogP contribution in [0.15, 0.2) is 84.9 Å². The average molecular weight is 427 g/mol. The van der Waals surface area contributed by atoms with Gasteiger partial charge in [0.05, 0.1) is 11.1 Å². The number of carbonyl (C=O) groups excluding carboxylic acids is 3. The van der Waals surface area contributed by atoms with Gasteiger partial charge in [-0.3, -0.25) is 19.3 Å². The molecule has 0 aliphatic carbocycles. The third-order valence-corrected chi connectivity index (χ3v) is 6.08. The fraction of sp³-hybridized carbons (Fsp3) is 0.222. The number of likely N-dealkylation sites (N-methyl/N-ethyl adjacent to an activating group) is 1. The Hall–Kier alpha value is -3.73. The Morgan fingerprint density at radius 3 is 1.62 bits per heavy atom.